The average molecular weight is 352 g/mol. The van der Waals surface area contributed by atoms with Crippen molar-refractivity contribution >= 4 is 38.6 Å². The van der Waals surface area contributed by atoms with E-state index in [1.165, 1.54) is 0 Å². The monoisotopic (exact) mass is 351 g/mol. The van der Waals surface area contributed by atoms with Crippen molar-refractivity contribution in [2.75, 3.05) is 6.61 Å². The van der Waals surface area contributed by atoms with Crippen LogP contribution in [0.4, 0.5) is 0 Å². The molecule has 0 radical (unpaired) electrons. The summed E-state index contributed by atoms with van der Waals surface area (Å²) in [6, 6.07) is 7.80. The van der Waals surface area contributed by atoms with Gasteiger partial charge in [-0.25, -0.2) is 0 Å². The van der Waals surface area contributed by atoms with Gasteiger partial charge < -0.3 is 9.30 Å². The van der Waals surface area contributed by atoms with Crippen molar-refractivity contribution in [3.8, 4) is 0 Å². The highest BCUT2D eigenvalue weighted by Gasteiger charge is 2.37. The number of esters is 1. The summed E-state index contributed by atoms with van der Waals surface area (Å²) in [5.41, 5.74) is -0.189. The van der Waals surface area contributed by atoms with Gasteiger partial charge in [0.05, 0.1) is 13.2 Å². The summed E-state index contributed by atoms with van der Waals surface area (Å²) < 4.78 is 7.76. The van der Waals surface area contributed by atoms with Crippen LogP contribution in [-0.2, 0) is 20.9 Å². The standard InChI is InChI=1S/C16H18BrNO3/c1-4-21-15(20)16(2,3)14(19)10-18-9-12(17)11-7-5-6-8-13(11)18/h5-9H,4,10H2,1-3H3. The van der Waals surface area contributed by atoms with Crippen LogP contribution in [0.1, 0.15) is 20.8 Å². The molecule has 0 spiro atoms. The molecule has 1 aromatic heterocycles. The largest absolute Gasteiger partial charge is 0.465 e. The summed E-state index contributed by atoms with van der Waals surface area (Å²) in [4.78, 5) is 24.4. The molecule has 2 rings (SSSR count). The van der Waals surface area contributed by atoms with Gasteiger partial charge in [0, 0.05) is 21.6 Å². The Morgan fingerprint density at radius 3 is 2.62 bits per heavy atom. The van der Waals surface area contributed by atoms with Crippen LogP contribution in [-0.4, -0.2) is 22.9 Å². The van der Waals surface area contributed by atoms with Crippen LogP contribution in [0.3, 0.4) is 0 Å². The molecule has 0 aliphatic heterocycles. The van der Waals surface area contributed by atoms with E-state index in [-0.39, 0.29) is 18.9 Å². The van der Waals surface area contributed by atoms with E-state index < -0.39 is 11.4 Å². The van der Waals surface area contributed by atoms with Crippen LogP contribution < -0.4 is 0 Å². The molecule has 0 saturated heterocycles. The number of carbonyl (C=O) groups is 2. The van der Waals surface area contributed by atoms with Crippen molar-refractivity contribution in [3.05, 3.63) is 34.9 Å². The fourth-order valence-electron chi connectivity index (χ4n) is 2.11. The molecular formula is C16H18BrNO3. The Morgan fingerprint density at radius 2 is 1.95 bits per heavy atom. The van der Waals surface area contributed by atoms with Gasteiger partial charge in [0.15, 0.2) is 5.78 Å². The summed E-state index contributed by atoms with van der Waals surface area (Å²) >= 11 is 3.49. The minimum Gasteiger partial charge on any atom is -0.465 e. The van der Waals surface area contributed by atoms with Crippen molar-refractivity contribution in [2.45, 2.75) is 27.3 Å². The number of hydrogen-bond donors (Lipinski definition) is 0. The molecule has 5 heteroatoms. The van der Waals surface area contributed by atoms with Crippen molar-refractivity contribution in [1.29, 1.82) is 0 Å². The lowest BCUT2D eigenvalue weighted by atomic mass is 9.88. The lowest BCUT2D eigenvalue weighted by Crippen LogP contribution is -2.37. The third-order valence-electron chi connectivity index (χ3n) is 3.54. The van der Waals surface area contributed by atoms with E-state index in [1.54, 1.807) is 20.8 Å². The smallest absolute Gasteiger partial charge is 0.319 e. The minimum atomic E-state index is -1.14. The van der Waals surface area contributed by atoms with E-state index in [2.05, 4.69) is 15.9 Å². The Bertz CT molecular complexity index is 688. The van der Waals surface area contributed by atoms with Crippen LogP contribution in [0.25, 0.3) is 10.9 Å². The van der Waals surface area contributed by atoms with Gasteiger partial charge in [-0.2, -0.15) is 0 Å². The molecule has 1 heterocycles. The molecule has 0 unspecified atom stereocenters. The van der Waals surface area contributed by atoms with Crippen molar-refractivity contribution in [1.82, 2.24) is 4.57 Å². The first-order valence-electron chi connectivity index (χ1n) is 6.81. The van der Waals surface area contributed by atoms with Gasteiger partial charge in [0.25, 0.3) is 0 Å². The maximum absolute atomic E-state index is 12.5. The maximum atomic E-state index is 12.5. The highest BCUT2D eigenvalue weighted by Crippen LogP contribution is 2.27. The Labute approximate surface area is 132 Å². The van der Waals surface area contributed by atoms with E-state index >= 15 is 0 Å². The fraction of sp³-hybridized carbons (Fsp3) is 0.375. The minimum absolute atomic E-state index is 0.137. The molecule has 0 N–H and O–H groups in total. The zero-order valence-electron chi connectivity index (χ0n) is 12.4. The van der Waals surface area contributed by atoms with E-state index in [9.17, 15) is 9.59 Å². The zero-order valence-corrected chi connectivity index (χ0v) is 13.9. The number of nitrogens with zero attached hydrogens (tertiary/aromatic N) is 1. The van der Waals surface area contributed by atoms with Crippen LogP contribution in [0.15, 0.2) is 34.9 Å². The highest BCUT2D eigenvalue weighted by molar-refractivity contribution is 9.10. The summed E-state index contributed by atoms with van der Waals surface area (Å²) in [6.45, 7) is 5.35. The van der Waals surface area contributed by atoms with E-state index in [1.807, 2.05) is 35.0 Å². The highest BCUT2D eigenvalue weighted by atomic mass is 79.9. The number of halogens is 1. The Balaban J connectivity index is 2.28. The second-order valence-corrected chi connectivity index (χ2v) is 6.25. The molecule has 21 heavy (non-hydrogen) atoms. The van der Waals surface area contributed by atoms with E-state index in [4.69, 9.17) is 4.74 Å². The SMILES string of the molecule is CCOC(=O)C(C)(C)C(=O)Cn1cc(Br)c2ccccc21. The molecule has 4 nitrogen and oxygen atoms in total. The van der Waals surface area contributed by atoms with Crippen LogP contribution in [0, 0.1) is 5.41 Å². The number of aromatic nitrogens is 1. The second kappa shape index (κ2) is 6.02. The quantitative estimate of drug-likeness (QED) is 0.611. The molecule has 0 amide bonds. The van der Waals surface area contributed by atoms with Crippen molar-refractivity contribution in [3.63, 3.8) is 0 Å². The fourth-order valence-corrected chi connectivity index (χ4v) is 2.69. The summed E-state index contributed by atoms with van der Waals surface area (Å²) in [5.74, 6) is -0.653. The summed E-state index contributed by atoms with van der Waals surface area (Å²) in [5, 5.41) is 1.04. The lowest BCUT2D eigenvalue weighted by molar-refractivity contribution is -0.158. The van der Waals surface area contributed by atoms with Gasteiger partial charge in [-0.3, -0.25) is 9.59 Å². The number of ketones is 1. The number of para-hydroxylation sites is 1. The second-order valence-electron chi connectivity index (χ2n) is 5.39. The topological polar surface area (TPSA) is 48.3 Å². The molecule has 2 aromatic rings. The van der Waals surface area contributed by atoms with Gasteiger partial charge in [0.2, 0.25) is 0 Å². The van der Waals surface area contributed by atoms with Gasteiger partial charge in [-0.05, 0) is 42.8 Å². The van der Waals surface area contributed by atoms with Gasteiger partial charge in [-0.15, -0.1) is 0 Å². The Kier molecular flexibility index (Phi) is 4.52. The number of fused-ring (bicyclic) bond motifs is 1. The maximum Gasteiger partial charge on any atom is 0.319 e. The van der Waals surface area contributed by atoms with Gasteiger partial charge >= 0.3 is 5.97 Å². The molecule has 0 bridgehead atoms. The number of carbonyl (C=O) groups excluding carboxylic acids is 2. The molecule has 0 aliphatic rings. The number of Topliss-reactive ketones (excluding diaryl/α,β-unsaturated/α-hetero) is 1. The normalized spacial score (nSPS) is 11.6. The lowest BCUT2D eigenvalue weighted by Gasteiger charge is -2.21. The summed E-state index contributed by atoms with van der Waals surface area (Å²) in [7, 11) is 0. The van der Waals surface area contributed by atoms with Crippen LogP contribution >= 0.6 is 15.9 Å². The van der Waals surface area contributed by atoms with Crippen molar-refractivity contribution in [2.24, 2.45) is 5.41 Å². The Hall–Kier alpha value is -1.62. The van der Waals surface area contributed by atoms with E-state index in [0.717, 1.165) is 15.4 Å². The molecule has 0 aliphatic carbocycles. The first-order valence-corrected chi connectivity index (χ1v) is 7.61. The third-order valence-corrected chi connectivity index (χ3v) is 4.17. The molecule has 112 valence electrons. The average Bonchev–Trinajstić information content (AvgIpc) is 2.76. The molecule has 1 aromatic carbocycles. The van der Waals surface area contributed by atoms with E-state index in [0.29, 0.717) is 0 Å². The van der Waals surface area contributed by atoms with Crippen LogP contribution in [0.5, 0.6) is 0 Å². The molecule has 0 fully saturated rings. The number of rotatable bonds is 5. The number of ether oxygens (including phenoxy) is 1. The predicted octanol–water partition coefficient (Wildman–Crippen LogP) is 3.56. The van der Waals surface area contributed by atoms with Crippen molar-refractivity contribution < 1.29 is 14.3 Å². The number of hydrogen-bond acceptors (Lipinski definition) is 3. The first kappa shape index (κ1) is 15.8. The zero-order chi connectivity index (χ0) is 15.6. The number of benzene rings is 1. The molecular weight excluding hydrogens is 334 g/mol. The summed E-state index contributed by atoms with van der Waals surface area (Å²) in [6.07, 6.45) is 1.86. The Morgan fingerprint density at radius 1 is 1.29 bits per heavy atom. The first-order chi connectivity index (χ1) is 9.87. The van der Waals surface area contributed by atoms with Crippen LogP contribution in [0.2, 0.25) is 0 Å². The predicted molar refractivity (Wildman–Crippen MR) is 85.1 cm³/mol. The van der Waals surface area contributed by atoms with Gasteiger partial charge in [-0.1, -0.05) is 18.2 Å². The van der Waals surface area contributed by atoms with Gasteiger partial charge in [0.1, 0.15) is 5.41 Å². The third kappa shape index (κ3) is 3.02. The molecule has 0 atom stereocenters. The molecule has 0 saturated carbocycles.